The molecule has 1 saturated heterocycles. The van der Waals surface area contributed by atoms with Crippen LogP contribution in [0.3, 0.4) is 0 Å². The summed E-state index contributed by atoms with van der Waals surface area (Å²) in [7, 11) is -0.620. The Balaban J connectivity index is 1.80. The first kappa shape index (κ1) is 11.0. The van der Waals surface area contributed by atoms with Crippen molar-refractivity contribution < 1.29 is 4.21 Å². The van der Waals surface area contributed by atoms with Crippen LogP contribution >= 0.6 is 0 Å². The van der Waals surface area contributed by atoms with Gasteiger partial charge in [-0.3, -0.25) is 9.62 Å². The maximum absolute atomic E-state index is 11.4. The van der Waals surface area contributed by atoms with Gasteiger partial charge in [-0.2, -0.15) is 0 Å². The molecule has 3 nitrogen and oxygen atoms in total. The molecule has 0 unspecified atom stereocenters. The molecular weight excluding hydrogens is 232 g/mol. The number of hydrogen-bond donors (Lipinski definition) is 1. The zero-order valence-electron chi connectivity index (χ0n) is 9.69. The van der Waals surface area contributed by atoms with Crippen molar-refractivity contribution in [2.45, 2.75) is 25.4 Å². The van der Waals surface area contributed by atoms with Crippen molar-refractivity contribution in [1.82, 2.24) is 4.90 Å². The van der Waals surface area contributed by atoms with E-state index in [1.807, 2.05) is 18.2 Å². The van der Waals surface area contributed by atoms with Crippen LogP contribution in [0.4, 0.5) is 0 Å². The van der Waals surface area contributed by atoms with E-state index in [9.17, 15) is 4.21 Å². The second kappa shape index (κ2) is 4.26. The fraction of sp³-hybridized carbons (Fsp3) is 0.462. The predicted octanol–water partition coefficient (Wildman–Crippen LogP) is 1.74. The van der Waals surface area contributed by atoms with Crippen LogP contribution < -0.4 is 0 Å². The smallest absolute Gasteiger partial charge is 0.128 e. The van der Waals surface area contributed by atoms with Crippen molar-refractivity contribution in [2.75, 3.05) is 11.5 Å². The average molecular weight is 248 g/mol. The highest BCUT2D eigenvalue weighted by Gasteiger charge is 2.31. The lowest BCUT2D eigenvalue weighted by atomic mass is 10.1. The summed E-state index contributed by atoms with van der Waals surface area (Å²) in [5.41, 5.74) is 2.32. The van der Waals surface area contributed by atoms with E-state index in [-0.39, 0.29) is 0 Å². The molecule has 90 valence electrons. The van der Waals surface area contributed by atoms with Gasteiger partial charge in [-0.05, 0) is 18.4 Å². The van der Waals surface area contributed by atoms with E-state index in [1.165, 1.54) is 5.56 Å². The summed E-state index contributed by atoms with van der Waals surface area (Å²) in [5.74, 6) is 2.24. The van der Waals surface area contributed by atoms with Crippen molar-refractivity contribution in [2.24, 2.45) is 0 Å². The van der Waals surface area contributed by atoms with E-state index in [1.54, 1.807) is 0 Å². The fourth-order valence-electron chi connectivity index (χ4n) is 2.71. The topological polar surface area (TPSA) is 44.2 Å². The quantitative estimate of drug-likeness (QED) is 0.822. The molecule has 1 N–H and O–H groups in total. The van der Waals surface area contributed by atoms with Gasteiger partial charge >= 0.3 is 0 Å². The molecule has 1 fully saturated rings. The molecule has 0 atom stereocenters. The summed E-state index contributed by atoms with van der Waals surface area (Å²) in [6.45, 7) is 0.853. The van der Waals surface area contributed by atoms with Crippen LogP contribution in [0.15, 0.2) is 24.3 Å². The Morgan fingerprint density at radius 1 is 1.24 bits per heavy atom. The molecule has 2 aliphatic rings. The number of nitrogens with zero attached hydrogens (tertiary/aromatic N) is 1. The Kier molecular flexibility index (Phi) is 2.74. The van der Waals surface area contributed by atoms with Crippen LogP contribution in [0.5, 0.6) is 0 Å². The molecule has 3 rings (SSSR count). The van der Waals surface area contributed by atoms with Crippen LogP contribution in [-0.2, 0) is 17.3 Å². The SMILES string of the molecule is N=C1c2ccccc2CN1C1CCS(=O)CC1. The molecule has 0 aliphatic carbocycles. The van der Waals surface area contributed by atoms with Crippen LogP contribution in [0.2, 0.25) is 0 Å². The summed E-state index contributed by atoms with van der Waals surface area (Å²) in [6, 6.07) is 8.56. The zero-order chi connectivity index (χ0) is 11.8. The highest BCUT2D eigenvalue weighted by molar-refractivity contribution is 7.85. The number of hydrogen-bond acceptors (Lipinski definition) is 2. The minimum atomic E-state index is -0.620. The molecule has 1 aromatic carbocycles. The first-order valence-electron chi connectivity index (χ1n) is 6.04. The second-order valence-electron chi connectivity index (χ2n) is 4.71. The van der Waals surface area contributed by atoms with Crippen LogP contribution in [0, 0.1) is 5.41 Å². The zero-order valence-corrected chi connectivity index (χ0v) is 10.5. The number of amidine groups is 1. The summed E-state index contributed by atoms with van der Waals surface area (Å²) in [6.07, 6.45) is 1.92. The molecular formula is C13H16N2OS. The monoisotopic (exact) mass is 248 g/mol. The van der Waals surface area contributed by atoms with E-state index >= 15 is 0 Å². The van der Waals surface area contributed by atoms with Crippen molar-refractivity contribution in [3.63, 3.8) is 0 Å². The van der Waals surface area contributed by atoms with E-state index in [0.717, 1.165) is 36.5 Å². The van der Waals surface area contributed by atoms with Crippen LogP contribution in [0.1, 0.15) is 24.0 Å². The summed E-state index contributed by atoms with van der Waals surface area (Å²) < 4.78 is 11.4. The van der Waals surface area contributed by atoms with E-state index in [2.05, 4.69) is 11.0 Å². The maximum atomic E-state index is 11.4. The maximum Gasteiger partial charge on any atom is 0.128 e. The van der Waals surface area contributed by atoms with Crippen LogP contribution in [0.25, 0.3) is 0 Å². The first-order valence-corrected chi connectivity index (χ1v) is 7.53. The van der Waals surface area contributed by atoms with E-state index in [4.69, 9.17) is 5.41 Å². The molecule has 0 saturated carbocycles. The van der Waals surface area contributed by atoms with Gasteiger partial charge in [-0.1, -0.05) is 24.3 Å². The van der Waals surface area contributed by atoms with Gasteiger partial charge in [0.05, 0.1) is 0 Å². The fourth-order valence-corrected chi connectivity index (χ4v) is 3.99. The van der Waals surface area contributed by atoms with Gasteiger partial charge in [0.1, 0.15) is 5.84 Å². The van der Waals surface area contributed by atoms with E-state index < -0.39 is 10.8 Å². The Hall–Kier alpha value is -1.16. The Morgan fingerprint density at radius 2 is 1.94 bits per heavy atom. The van der Waals surface area contributed by atoms with Crippen molar-refractivity contribution >= 4 is 16.6 Å². The molecule has 0 aromatic heterocycles. The number of rotatable bonds is 1. The number of benzene rings is 1. The molecule has 17 heavy (non-hydrogen) atoms. The molecule has 0 radical (unpaired) electrons. The molecule has 1 aromatic rings. The summed E-state index contributed by atoms with van der Waals surface area (Å²) >= 11 is 0. The third-order valence-electron chi connectivity index (χ3n) is 3.70. The second-order valence-corrected chi connectivity index (χ2v) is 6.41. The molecule has 0 spiro atoms. The molecule has 0 bridgehead atoms. The highest BCUT2D eigenvalue weighted by Crippen LogP contribution is 2.28. The van der Waals surface area contributed by atoms with Gasteiger partial charge in [0.2, 0.25) is 0 Å². The summed E-state index contributed by atoms with van der Waals surface area (Å²) in [5, 5.41) is 8.22. The standard InChI is InChI=1S/C13H16N2OS/c14-13-12-4-2-1-3-10(12)9-15(13)11-5-7-17(16)8-6-11/h1-4,11,14H,5-9H2. The Morgan fingerprint density at radius 3 is 2.65 bits per heavy atom. The Bertz CT molecular complexity index is 476. The van der Waals surface area contributed by atoms with Gasteiger partial charge in [-0.15, -0.1) is 0 Å². The molecule has 0 amide bonds. The Labute approximate surface area is 104 Å². The van der Waals surface area contributed by atoms with Gasteiger partial charge in [-0.25, -0.2) is 0 Å². The third kappa shape index (κ3) is 1.90. The minimum Gasteiger partial charge on any atom is -0.349 e. The lowest BCUT2D eigenvalue weighted by Gasteiger charge is -2.32. The van der Waals surface area contributed by atoms with Crippen molar-refractivity contribution in [3.8, 4) is 0 Å². The lowest BCUT2D eigenvalue weighted by molar-refractivity contribution is 0.294. The normalized spacial score (nSPS) is 28.2. The van der Waals surface area contributed by atoms with Gasteiger partial charge in [0, 0.05) is 40.5 Å². The molecule has 2 aliphatic heterocycles. The van der Waals surface area contributed by atoms with Crippen molar-refractivity contribution in [3.05, 3.63) is 35.4 Å². The van der Waals surface area contributed by atoms with Crippen LogP contribution in [-0.4, -0.2) is 32.5 Å². The van der Waals surface area contributed by atoms with Crippen molar-refractivity contribution in [1.29, 1.82) is 5.41 Å². The largest absolute Gasteiger partial charge is 0.349 e. The summed E-state index contributed by atoms with van der Waals surface area (Å²) in [4.78, 5) is 2.18. The third-order valence-corrected chi connectivity index (χ3v) is 5.08. The number of nitrogens with one attached hydrogen (secondary N) is 1. The minimum absolute atomic E-state index is 0.410. The van der Waals surface area contributed by atoms with Gasteiger partial charge in [0.15, 0.2) is 0 Å². The number of fused-ring (bicyclic) bond motifs is 1. The van der Waals surface area contributed by atoms with E-state index in [0.29, 0.717) is 11.9 Å². The van der Waals surface area contributed by atoms with Gasteiger partial charge < -0.3 is 4.90 Å². The highest BCUT2D eigenvalue weighted by atomic mass is 32.2. The first-order chi connectivity index (χ1) is 8.25. The molecule has 4 heteroatoms. The molecule has 2 heterocycles. The lowest BCUT2D eigenvalue weighted by Crippen LogP contribution is -2.40. The van der Waals surface area contributed by atoms with Gasteiger partial charge in [0.25, 0.3) is 0 Å². The average Bonchev–Trinajstić information content (AvgIpc) is 2.69. The predicted molar refractivity (Wildman–Crippen MR) is 69.7 cm³/mol.